The maximum Gasteiger partial charge on any atom is 0.260 e. The lowest BCUT2D eigenvalue weighted by Gasteiger charge is -2.24. The van der Waals surface area contributed by atoms with Crippen molar-refractivity contribution in [2.24, 2.45) is 0 Å². The number of hydrogen-bond donors (Lipinski definition) is 0. The Balaban J connectivity index is 1.42. The Hall–Kier alpha value is -3.42. The van der Waals surface area contributed by atoms with Gasteiger partial charge in [-0.05, 0) is 42.8 Å². The molecule has 0 radical (unpaired) electrons. The standard InChI is InChI=1S/C29H31N3O3S/c1-3-31(4-2)14-15-32(29-30-24-19-25-26(20-27(24)36-29)35-17-16-34-25)28(33)23-12-10-22(11-13-23)18-21-8-6-5-7-9-21/h5-13,19-20H,3-4,14-18H2,1-2H3. The summed E-state index contributed by atoms with van der Waals surface area (Å²) in [5.74, 6) is 1.41. The Bertz CT molecular complexity index is 1270. The van der Waals surface area contributed by atoms with Crippen molar-refractivity contribution < 1.29 is 14.3 Å². The topological polar surface area (TPSA) is 54.9 Å². The molecule has 5 rings (SSSR count). The first-order chi connectivity index (χ1) is 17.6. The fourth-order valence-electron chi connectivity index (χ4n) is 4.39. The highest BCUT2D eigenvalue weighted by Crippen LogP contribution is 2.39. The van der Waals surface area contributed by atoms with E-state index < -0.39 is 0 Å². The molecule has 7 heteroatoms. The molecule has 1 aliphatic heterocycles. The van der Waals surface area contributed by atoms with Crippen molar-refractivity contribution in [2.45, 2.75) is 20.3 Å². The van der Waals surface area contributed by atoms with Crippen LogP contribution in [0, 0.1) is 0 Å². The zero-order valence-electron chi connectivity index (χ0n) is 20.8. The molecule has 0 fully saturated rings. The molecule has 0 unspecified atom stereocenters. The van der Waals surface area contributed by atoms with Crippen LogP contribution in [0.1, 0.15) is 35.3 Å². The van der Waals surface area contributed by atoms with Crippen molar-refractivity contribution >= 4 is 32.6 Å². The van der Waals surface area contributed by atoms with E-state index in [0.717, 1.165) is 42.0 Å². The summed E-state index contributed by atoms with van der Waals surface area (Å²) in [4.78, 5) is 22.7. The molecule has 3 aromatic carbocycles. The van der Waals surface area contributed by atoms with Gasteiger partial charge in [0.15, 0.2) is 16.6 Å². The molecule has 0 N–H and O–H groups in total. The molecule has 1 aromatic heterocycles. The Morgan fingerprint density at radius 3 is 2.25 bits per heavy atom. The van der Waals surface area contributed by atoms with Gasteiger partial charge in [0, 0.05) is 30.8 Å². The van der Waals surface area contributed by atoms with Crippen LogP contribution >= 0.6 is 11.3 Å². The van der Waals surface area contributed by atoms with Crippen molar-refractivity contribution in [3.8, 4) is 11.5 Å². The quantitative estimate of drug-likeness (QED) is 0.297. The van der Waals surface area contributed by atoms with E-state index in [9.17, 15) is 4.79 Å². The normalized spacial score (nSPS) is 12.8. The Morgan fingerprint density at radius 2 is 1.56 bits per heavy atom. The summed E-state index contributed by atoms with van der Waals surface area (Å²) in [6.45, 7) is 8.58. The van der Waals surface area contributed by atoms with Gasteiger partial charge < -0.3 is 14.4 Å². The third-order valence-corrected chi connectivity index (χ3v) is 7.54. The van der Waals surface area contributed by atoms with E-state index in [2.05, 4.69) is 30.9 Å². The Morgan fingerprint density at radius 1 is 0.889 bits per heavy atom. The Labute approximate surface area is 216 Å². The molecule has 4 aromatic rings. The van der Waals surface area contributed by atoms with Gasteiger partial charge in [-0.15, -0.1) is 0 Å². The molecule has 0 atom stereocenters. The number of carbonyl (C=O) groups excluding carboxylic acids is 1. The van der Waals surface area contributed by atoms with E-state index in [0.29, 0.717) is 36.2 Å². The lowest BCUT2D eigenvalue weighted by molar-refractivity contribution is 0.0984. The molecule has 36 heavy (non-hydrogen) atoms. The van der Waals surface area contributed by atoms with Crippen molar-refractivity contribution in [3.05, 3.63) is 83.4 Å². The van der Waals surface area contributed by atoms with Crippen LogP contribution in [0.5, 0.6) is 11.5 Å². The number of carbonyl (C=O) groups is 1. The summed E-state index contributed by atoms with van der Waals surface area (Å²) in [5.41, 5.74) is 3.91. The molecule has 0 saturated heterocycles. The van der Waals surface area contributed by atoms with Gasteiger partial charge in [0.2, 0.25) is 0 Å². The summed E-state index contributed by atoms with van der Waals surface area (Å²) >= 11 is 1.51. The third-order valence-electron chi connectivity index (χ3n) is 6.50. The number of anilines is 1. The molecule has 0 aliphatic carbocycles. The first-order valence-corrected chi connectivity index (χ1v) is 13.3. The van der Waals surface area contributed by atoms with Gasteiger partial charge in [-0.25, -0.2) is 4.98 Å². The van der Waals surface area contributed by atoms with Gasteiger partial charge in [-0.3, -0.25) is 9.69 Å². The molecule has 6 nitrogen and oxygen atoms in total. The molecule has 2 heterocycles. The Kier molecular flexibility index (Phi) is 7.49. The average molecular weight is 502 g/mol. The van der Waals surface area contributed by atoms with E-state index in [1.165, 1.54) is 22.5 Å². The lowest BCUT2D eigenvalue weighted by atomic mass is 10.0. The molecule has 1 aliphatic rings. The van der Waals surface area contributed by atoms with Crippen LogP contribution in [0.15, 0.2) is 66.7 Å². The van der Waals surface area contributed by atoms with Crippen molar-refractivity contribution in [1.29, 1.82) is 0 Å². The van der Waals surface area contributed by atoms with Crippen LogP contribution in [0.4, 0.5) is 5.13 Å². The van der Waals surface area contributed by atoms with Crippen LogP contribution in [0.2, 0.25) is 0 Å². The summed E-state index contributed by atoms with van der Waals surface area (Å²) in [6, 6.07) is 22.2. The van der Waals surface area contributed by atoms with Crippen LogP contribution in [-0.4, -0.2) is 55.2 Å². The van der Waals surface area contributed by atoms with Crippen LogP contribution in [0.3, 0.4) is 0 Å². The van der Waals surface area contributed by atoms with E-state index in [1.54, 1.807) is 0 Å². The number of amides is 1. The summed E-state index contributed by atoms with van der Waals surface area (Å²) in [7, 11) is 0. The molecule has 0 spiro atoms. The third kappa shape index (κ3) is 5.37. The average Bonchev–Trinajstić information content (AvgIpc) is 3.33. The zero-order valence-corrected chi connectivity index (χ0v) is 21.6. The van der Waals surface area contributed by atoms with Crippen molar-refractivity contribution in [3.63, 3.8) is 0 Å². The van der Waals surface area contributed by atoms with Gasteiger partial charge >= 0.3 is 0 Å². The number of fused-ring (bicyclic) bond motifs is 2. The maximum atomic E-state index is 13.8. The second kappa shape index (κ2) is 11.1. The lowest BCUT2D eigenvalue weighted by Crippen LogP contribution is -2.38. The predicted octanol–water partition coefficient (Wildman–Crippen LogP) is 5.65. The van der Waals surface area contributed by atoms with Gasteiger partial charge in [-0.1, -0.05) is 67.6 Å². The molecular weight excluding hydrogens is 470 g/mol. The second-order valence-corrected chi connectivity index (χ2v) is 9.81. The van der Waals surface area contributed by atoms with Gasteiger partial charge in [0.25, 0.3) is 5.91 Å². The van der Waals surface area contributed by atoms with Crippen molar-refractivity contribution in [2.75, 3.05) is 44.3 Å². The summed E-state index contributed by atoms with van der Waals surface area (Å²) in [5, 5.41) is 0.692. The highest BCUT2D eigenvalue weighted by Gasteiger charge is 2.23. The monoisotopic (exact) mass is 501 g/mol. The minimum absolute atomic E-state index is 0.0373. The van der Waals surface area contributed by atoms with Gasteiger partial charge in [0.05, 0.1) is 10.2 Å². The predicted molar refractivity (Wildman–Crippen MR) is 146 cm³/mol. The van der Waals surface area contributed by atoms with E-state index in [-0.39, 0.29) is 5.91 Å². The SMILES string of the molecule is CCN(CC)CCN(C(=O)c1ccc(Cc2ccccc2)cc1)c1nc2cc3c(cc2s1)OCCO3. The number of likely N-dealkylation sites (N-methyl/N-ethyl adjacent to an activating group) is 1. The zero-order chi connectivity index (χ0) is 24.9. The van der Waals surface area contributed by atoms with Gasteiger partial charge in [-0.2, -0.15) is 0 Å². The largest absolute Gasteiger partial charge is 0.486 e. The first kappa shape index (κ1) is 24.3. The fraction of sp³-hybridized carbons (Fsp3) is 0.310. The van der Waals surface area contributed by atoms with Crippen LogP contribution < -0.4 is 14.4 Å². The number of hydrogen-bond acceptors (Lipinski definition) is 6. The minimum atomic E-state index is -0.0373. The minimum Gasteiger partial charge on any atom is -0.486 e. The van der Waals surface area contributed by atoms with Crippen molar-refractivity contribution in [1.82, 2.24) is 9.88 Å². The smallest absolute Gasteiger partial charge is 0.260 e. The van der Waals surface area contributed by atoms with Crippen LogP contribution in [0.25, 0.3) is 10.2 Å². The highest BCUT2D eigenvalue weighted by molar-refractivity contribution is 7.22. The molecule has 186 valence electrons. The summed E-state index contributed by atoms with van der Waals surface area (Å²) in [6.07, 6.45) is 0.841. The second-order valence-electron chi connectivity index (χ2n) is 8.80. The molecule has 0 saturated carbocycles. The maximum absolute atomic E-state index is 13.8. The number of rotatable bonds is 9. The van der Waals surface area contributed by atoms with Gasteiger partial charge in [0.1, 0.15) is 13.2 Å². The number of nitrogens with zero attached hydrogens (tertiary/aromatic N) is 3. The van der Waals surface area contributed by atoms with E-state index >= 15 is 0 Å². The number of thiazole rings is 1. The fourth-order valence-corrected chi connectivity index (χ4v) is 5.39. The first-order valence-electron chi connectivity index (χ1n) is 12.5. The molecule has 1 amide bonds. The number of benzene rings is 3. The van der Waals surface area contributed by atoms with E-state index in [4.69, 9.17) is 14.5 Å². The summed E-state index contributed by atoms with van der Waals surface area (Å²) < 4.78 is 12.5. The molecular formula is C29H31N3O3S. The molecule has 0 bridgehead atoms. The highest BCUT2D eigenvalue weighted by atomic mass is 32.1. The number of ether oxygens (including phenoxy) is 2. The number of aromatic nitrogens is 1. The van der Waals surface area contributed by atoms with Crippen LogP contribution in [-0.2, 0) is 6.42 Å². The van der Waals surface area contributed by atoms with E-state index in [1.807, 2.05) is 59.5 Å².